The maximum absolute atomic E-state index is 13.8. The Morgan fingerprint density at radius 2 is 1.90 bits per heavy atom. The molecular weight excluding hydrogens is 389 g/mol. The summed E-state index contributed by atoms with van der Waals surface area (Å²) in [6.07, 6.45) is 2.33. The molecule has 1 aliphatic rings. The van der Waals surface area contributed by atoms with Gasteiger partial charge < -0.3 is 14.4 Å². The summed E-state index contributed by atoms with van der Waals surface area (Å²) in [5.74, 6) is -0.253. The van der Waals surface area contributed by atoms with Crippen LogP contribution in [0.1, 0.15) is 33.6 Å². The Labute approximate surface area is 174 Å². The van der Waals surface area contributed by atoms with E-state index in [0.29, 0.717) is 37.4 Å². The number of likely N-dealkylation sites (tertiary alicyclic amines) is 1. The molecule has 30 heavy (non-hydrogen) atoms. The van der Waals surface area contributed by atoms with Gasteiger partial charge in [0, 0.05) is 43.9 Å². The summed E-state index contributed by atoms with van der Waals surface area (Å²) >= 11 is 0. The lowest BCUT2D eigenvalue weighted by Crippen LogP contribution is -2.44. The fourth-order valence-corrected chi connectivity index (χ4v) is 3.16. The number of aromatic nitrogens is 1. The molecule has 0 bridgehead atoms. The van der Waals surface area contributed by atoms with E-state index in [2.05, 4.69) is 4.85 Å². The highest BCUT2D eigenvalue weighted by Gasteiger charge is 2.27. The third-order valence-electron chi connectivity index (χ3n) is 4.62. The number of benzene rings is 1. The molecule has 1 aliphatic heterocycles. The van der Waals surface area contributed by atoms with Crippen molar-refractivity contribution in [1.29, 1.82) is 0 Å². The Kier molecular flexibility index (Phi) is 6.11. The van der Waals surface area contributed by atoms with Crippen LogP contribution in [0.15, 0.2) is 41.3 Å². The zero-order valence-electron chi connectivity index (χ0n) is 17.2. The van der Waals surface area contributed by atoms with E-state index in [1.165, 1.54) is 29.0 Å². The molecule has 0 atom stereocenters. The van der Waals surface area contributed by atoms with Gasteiger partial charge in [0.15, 0.2) is 0 Å². The molecule has 0 unspecified atom stereocenters. The van der Waals surface area contributed by atoms with Gasteiger partial charge in [0.05, 0.1) is 6.57 Å². The smallest absolute Gasteiger partial charge is 0.410 e. The van der Waals surface area contributed by atoms with Crippen LogP contribution in [0.25, 0.3) is 10.5 Å². The van der Waals surface area contributed by atoms with Gasteiger partial charge in [0.25, 0.3) is 5.56 Å². The minimum atomic E-state index is -0.675. The number of amides is 1. The van der Waals surface area contributed by atoms with Crippen molar-refractivity contribution >= 4 is 11.8 Å². The van der Waals surface area contributed by atoms with E-state index in [1.54, 1.807) is 11.0 Å². The van der Waals surface area contributed by atoms with Crippen LogP contribution < -0.4 is 10.3 Å². The van der Waals surface area contributed by atoms with Crippen LogP contribution >= 0.6 is 0 Å². The minimum Gasteiger partial charge on any atom is -0.490 e. The van der Waals surface area contributed by atoms with Gasteiger partial charge in [-0.05, 0) is 39.0 Å². The number of carbonyl (C=O) groups is 1. The van der Waals surface area contributed by atoms with E-state index < -0.39 is 11.4 Å². The highest BCUT2D eigenvalue weighted by Crippen LogP contribution is 2.22. The lowest BCUT2D eigenvalue weighted by molar-refractivity contribution is 0.0126. The van der Waals surface area contributed by atoms with Crippen LogP contribution in [0.2, 0.25) is 0 Å². The summed E-state index contributed by atoms with van der Waals surface area (Å²) in [5, 5.41) is 0. The summed E-state index contributed by atoms with van der Waals surface area (Å²) in [6.45, 7) is 13.4. The Bertz CT molecular complexity index is 1030. The lowest BCUT2D eigenvalue weighted by Gasteiger charge is -2.33. The molecule has 2 heterocycles. The van der Waals surface area contributed by atoms with Crippen molar-refractivity contribution in [3.05, 3.63) is 64.1 Å². The molecule has 1 saturated heterocycles. The number of piperidine rings is 1. The van der Waals surface area contributed by atoms with Crippen molar-refractivity contribution in [2.75, 3.05) is 13.1 Å². The van der Waals surface area contributed by atoms with Gasteiger partial charge in [-0.1, -0.05) is 6.07 Å². The number of hydrogen-bond acceptors (Lipinski definition) is 4. The van der Waals surface area contributed by atoms with E-state index in [1.807, 2.05) is 20.8 Å². The average Bonchev–Trinajstić information content (AvgIpc) is 2.67. The normalized spacial score (nSPS) is 14.8. The number of nitrogens with zero attached hydrogens (tertiary/aromatic N) is 3. The number of rotatable bonds is 3. The summed E-state index contributed by atoms with van der Waals surface area (Å²) in [6, 6.07) is 7.00. The first kappa shape index (κ1) is 21.4. The van der Waals surface area contributed by atoms with Gasteiger partial charge in [-0.2, -0.15) is 0 Å². The molecule has 0 aliphatic carbocycles. The molecule has 158 valence electrons. The lowest BCUT2D eigenvalue weighted by atomic mass is 10.1. The molecule has 1 amide bonds. The fourth-order valence-electron chi connectivity index (χ4n) is 3.16. The molecule has 1 fully saturated rings. The first-order valence-electron chi connectivity index (χ1n) is 9.71. The molecular formula is C22H24FN3O4. The molecule has 1 aromatic heterocycles. The second-order valence-corrected chi connectivity index (χ2v) is 8.10. The Morgan fingerprint density at radius 1 is 1.20 bits per heavy atom. The van der Waals surface area contributed by atoms with E-state index in [0.717, 1.165) is 6.07 Å². The molecule has 1 aromatic carbocycles. The molecule has 8 heteroatoms. The summed E-state index contributed by atoms with van der Waals surface area (Å²) in [7, 11) is 0. The van der Waals surface area contributed by atoms with E-state index >= 15 is 0 Å². The number of pyridine rings is 1. The summed E-state index contributed by atoms with van der Waals surface area (Å²) in [5.41, 5.74) is -0.659. The van der Waals surface area contributed by atoms with Crippen LogP contribution in [0, 0.1) is 12.4 Å². The Balaban J connectivity index is 1.62. The van der Waals surface area contributed by atoms with Crippen LogP contribution in [-0.2, 0) is 4.74 Å². The SMILES string of the molecule is [C-]#[N+]c1ccc(-n2ccc(OC3CCN(C(=O)OC(C)(C)C)CC3)cc2=O)cc1F. The van der Waals surface area contributed by atoms with Crippen molar-refractivity contribution in [2.24, 2.45) is 0 Å². The zero-order chi connectivity index (χ0) is 21.9. The number of ether oxygens (including phenoxy) is 2. The van der Waals surface area contributed by atoms with Gasteiger partial charge in [-0.3, -0.25) is 9.36 Å². The van der Waals surface area contributed by atoms with Crippen LogP contribution in [0.3, 0.4) is 0 Å². The minimum absolute atomic E-state index is 0.0931. The maximum Gasteiger partial charge on any atom is 0.410 e. The van der Waals surface area contributed by atoms with Crippen molar-refractivity contribution in [2.45, 2.75) is 45.3 Å². The first-order valence-corrected chi connectivity index (χ1v) is 9.71. The average molecular weight is 413 g/mol. The van der Waals surface area contributed by atoms with E-state index in [-0.39, 0.29) is 23.4 Å². The van der Waals surface area contributed by atoms with Crippen molar-refractivity contribution < 1.29 is 18.7 Å². The second kappa shape index (κ2) is 8.57. The highest BCUT2D eigenvalue weighted by molar-refractivity contribution is 5.68. The third kappa shape index (κ3) is 5.17. The quantitative estimate of drug-likeness (QED) is 0.704. The highest BCUT2D eigenvalue weighted by atomic mass is 19.1. The van der Waals surface area contributed by atoms with Gasteiger partial charge >= 0.3 is 6.09 Å². The summed E-state index contributed by atoms with van der Waals surface area (Å²) < 4.78 is 26.4. The van der Waals surface area contributed by atoms with E-state index in [9.17, 15) is 14.0 Å². The van der Waals surface area contributed by atoms with Gasteiger partial charge in [0.2, 0.25) is 5.69 Å². The molecule has 0 N–H and O–H groups in total. The number of halogens is 1. The molecule has 3 rings (SSSR count). The van der Waals surface area contributed by atoms with Crippen LogP contribution in [0.5, 0.6) is 5.75 Å². The predicted molar refractivity (Wildman–Crippen MR) is 110 cm³/mol. The molecule has 0 saturated carbocycles. The topological polar surface area (TPSA) is 65.1 Å². The van der Waals surface area contributed by atoms with Crippen LogP contribution in [0.4, 0.5) is 14.9 Å². The van der Waals surface area contributed by atoms with Gasteiger partial charge in [-0.25, -0.2) is 14.0 Å². The van der Waals surface area contributed by atoms with Gasteiger partial charge in [0.1, 0.15) is 23.3 Å². The number of hydrogen-bond donors (Lipinski definition) is 0. The molecule has 0 radical (unpaired) electrons. The van der Waals surface area contributed by atoms with Crippen LogP contribution in [-0.4, -0.2) is 40.4 Å². The monoisotopic (exact) mass is 413 g/mol. The molecule has 0 spiro atoms. The van der Waals surface area contributed by atoms with Crippen molar-refractivity contribution in [1.82, 2.24) is 9.47 Å². The second-order valence-electron chi connectivity index (χ2n) is 8.10. The summed E-state index contributed by atoms with van der Waals surface area (Å²) in [4.78, 5) is 29.3. The Morgan fingerprint density at radius 3 is 2.47 bits per heavy atom. The van der Waals surface area contributed by atoms with Gasteiger partial charge in [-0.15, -0.1) is 0 Å². The predicted octanol–water partition coefficient (Wildman–Crippen LogP) is 4.31. The standard InChI is InChI=1S/C22H24FN3O4/c1-22(2,3)30-21(28)25-10-7-16(8-11-25)29-17-9-12-26(20(27)14-17)15-5-6-19(24-4)18(23)13-15/h5-6,9,12-14,16H,7-8,10-11H2,1-3H3. The zero-order valence-corrected chi connectivity index (χ0v) is 17.2. The largest absolute Gasteiger partial charge is 0.490 e. The van der Waals surface area contributed by atoms with E-state index in [4.69, 9.17) is 16.0 Å². The third-order valence-corrected chi connectivity index (χ3v) is 4.62. The Hall–Kier alpha value is -3.34. The maximum atomic E-state index is 13.8. The molecule has 2 aromatic rings. The molecule has 7 nitrogen and oxygen atoms in total. The number of carbonyl (C=O) groups excluding carboxylic acids is 1. The van der Waals surface area contributed by atoms with Crippen molar-refractivity contribution in [3.63, 3.8) is 0 Å². The first-order chi connectivity index (χ1) is 14.2. The fraction of sp³-hybridized carbons (Fsp3) is 0.409. The van der Waals surface area contributed by atoms with Crippen molar-refractivity contribution in [3.8, 4) is 11.4 Å².